The lowest BCUT2D eigenvalue weighted by atomic mass is 10.2. The van der Waals surface area contributed by atoms with E-state index in [0.29, 0.717) is 38.3 Å². The van der Waals surface area contributed by atoms with Crippen molar-refractivity contribution in [3.8, 4) is 0 Å². The number of carbonyl (C=O) groups is 2. The van der Waals surface area contributed by atoms with E-state index in [0.717, 1.165) is 43.5 Å². The summed E-state index contributed by atoms with van der Waals surface area (Å²) in [7, 11) is 0. The molecule has 6 nitrogen and oxygen atoms in total. The Morgan fingerprint density at radius 1 is 0.613 bits per heavy atom. The SMILES string of the molecule is O=C(c1cccn1C1CCCC1)N1CCCN(C(=O)c2cccn2C2CCCC2)CC1. The number of hydrogen-bond donors (Lipinski definition) is 0. The molecule has 1 aliphatic heterocycles. The Balaban J connectivity index is 1.26. The van der Waals surface area contributed by atoms with Crippen LogP contribution >= 0.6 is 0 Å². The lowest BCUT2D eigenvalue weighted by Crippen LogP contribution is -2.38. The molecule has 166 valence electrons. The molecule has 0 radical (unpaired) electrons. The van der Waals surface area contributed by atoms with Gasteiger partial charge in [-0.25, -0.2) is 0 Å². The smallest absolute Gasteiger partial charge is 0.270 e. The third-order valence-corrected chi connectivity index (χ3v) is 7.50. The summed E-state index contributed by atoms with van der Waals surface area (Å²) in [6.07, 6.45) is 14.6. The Bertz CT molecular complexity index is 843. The van der Waals surface area contributed by atoms with Gasteiger partial charge in [0.25, 0.3) is 11.8 Å². The van der Waals surface area contributed by atoms with Crippen LogP contribution < -0.4 is 0 Å². The number of nitrogens with zero attached hydrogens (tertiary/aromatic N) is 4. The number of amides is 2. The van der Waals surface area contributed by atoms with Crippen LogP contribution in [0.15, 0.2) is 36.7 Å². The molecule has 0 atom stereocenters. The van der Waals surface area contributed by atoms with Crippen molar-refractivity contribution < 1.29 is 9.59 Å². The van der Waals surface area contributed by atoms with Crippen LogP contribution in [-0.2, 0) is 0 Å². The van der Waals surface area contributed by atoms with Gasteiger partial charge in [-0.2, -0.15) is 0 Å². The minimum atomic E-state index is 0.112. The van der Waals surface area contributed by atoms with E-state index in [1.807, 2.05) is 34.1 Å². The molecule has 5 rings (SSSR count). The van der Waals surface area contributed by atoms with Gasteiger partial charge in [-0.05, 0) is 56.4 Å². The standard InChI is InChI=1S/C25H34N4O2/c30-24(22-12-5-16-28(22)20-8-1-2-9-20)26-14-7-15-27(19-18-26)25(31)23-13-6-17-29(23)21-10-3-4-11-21/h5-6,12-13,16-17,20-21H,1-4,7-11,14-15,18-19H2. The van der Waals surface area contributed by atoms with Crippen molar-refractivity contribution in [2.45, 2.75) is 69.9 Å². The first-order chi connectivity index (χ1) is 15.2. The maximum Gasteiger partial charge on any atom is 0.270 e. The van der Waals surface area contributed by atoms with Crippen molar-refractivity contribution in [1.82, 2.24) is 18.9 Å². The van der Waals surface area contributed by atoms with E-state index >= 15 is 0 Å². The number of rotatable bonds is 4. The Morgan fingerprint density at radius 3 is 1.45 bits per heavy atom. The van der Waals surface area contributed by atoms with E-state index < -0.39 is 0 Å². The zero-order valence-electron chi connectivity index (χ0n) is 18.4. The van der Waals surface area contributed by atoms with Gasteiger partial charge in [0.1, 0.15) is 11.4 Å². The molecule has 0 bridgehead atoms. The van der Waals surface area contributed by atoms with E-state index in [4.69, 9.17) is 0 Å². The van der Waals surface area contributed by atoms with E-state index in [1.165, 1.54) is 25.7 Å². The summed E-state index contributed by atoms with van der Waals surface area (Å²) in [5.41, 5.74) is 1.61. The molecule has 0 unspecified atom stereocenters. The molecule has 3 heterocycles. The molecule has 2 aromatic rings. The maximum absolute atomic E-state index is 13.3. The van der Waals surface area contributed by atoms with E-state index in [-0.39, 0.29) is 11.8 Å². The van der Waals surface area contributed by atoms with Crippen molar-refractivity contribution in [1.29, 1.82) is 0 Å². The Hall–Kier alpha value is -2.50. The molecule has 6 heteroatoms. The van der Waals surface area contributed by atoms with Gasteiger partial charge >= 0.3 is 0 Å². The molecule has 3 aliphatic rings. The fourth-order valence-corrected chi connectivity index (χ4v) is 5.80. The first-order valence-corrected chi connectivity index (χ1v) is 12.1. The highest BCUT2D eigenvalue weighted by Gasteiger charge is 2.29. The molecular weight excluding hydrogens is 388 g/mol. The van der Waals surface area contributed by atoms with Crippen LogP contribution in [0.3, 0.4) is 0 Å². The van der Waals surface area contributed by atoms with E-state index in [2.05, 4.69) is 21.5 Å². The molecule has 31 heavy (non-hydrogen) atoms. The maximum atomic E-state index is 13.3. The predicted molar refractivity (Wildman–Crippen MR) is 120 cm³/mol. The average molecular weight is 423 g/mol. The van der Waals surface area contributed by atoms with Crippen molar-refractivity contribution >= 4 is 11.8 Å². The highest BCUT2D eigenvalue weighted by Crippen LogP contribution is 2.32. The van der Waals surface area contributed by atoms with Gasteiger partial charge < -0.3 is 18.9 Å². The topological polar surface area (TPSA) is 50.5 Å². The van der Waals surface area contributed by atoms with Crippen LogP contribution in [0, 0.1) is 0 Å². The van der Waals surface area contributed by atoms with Crippen molar-refractivity contribution in [3.63, 3.8) is 0 Å². The molecule has 0 N–H and O–H groups in total. The van der Waals surface area contributed by atoms with Crippen LogP contribution in [0.5, 0.6) is 0 Å². The van der Waals surface area contributed by atoms with Gasteiger partial charge in [-0.3, -0.25) is 9.59 Å². The second-order valence-electron chi connectivity index (χ2n) is 9.42. The molecule has 3 fully saturated rings. The summed E-state index contributed by atoms with van der Waals surface area (Å²) in [6, 6.07) is 8.84. The van der Waals surface area contributed by atoms with Crippen LogP contribution in [0.4, 0.5) is 0 Å². The van der Waals surface area contributed by atoms with Crippen molar-refractivity contribution in [3.05, 3.63) is 48.0 Å². The van der Waals surface area contributed by atoms with Crippen LogP contribution in [0.2, 0.25) is 0 Å². The Labute approximate surface area is 184 Å². The normalized spacial score (nSPS) is 21.0. The van der Waals surface area contributed by atoms with Gasteiger partial charge in [-0.1, -0.05) is 25.7 Å². The zero-order chi connectivity index (χ0) is 21.2. The largest absolute Gasteiger partial charge is 0.340 e. The monoisotopic (exact) mass is 422 g/mol. The third-order valence-electron chi connectivity index (χ3n) is 7.50. The average Bonchev–Trinajstić information content (AvgIpc) is 3.57. The summed E-state index contributed by atoms with van der Waals surface area (Å²) in [6.45, 7) is 2.62. The lowest BCUT2D eigenvalue weighted by molar-refractivity contribution is 0.0705. The summed E-state index contributed by atoms with van der Waals surface area (Å²) in [5, 5.41) is 0. The number of aromatic nitrogens is 2. The van der Waals surface area contributed by atoms with Crippen LogP contribution in [-0.4, -0.2) is 56.9 Å². The first-order valence-electron chi connectivity index (χ1n) is 12.1. The molecule has 1 saturated heterocycles. The van der Waals surface area contributed by atoms with Gasteiger partial charge in [-0.15, -0.1) is 0 Å². The highest BCUT2D eigenvalue weighted by molar-refractivity contribution is 5.94. The third kappa shape index (κ3) is 4.04. The molecular formula is C25H34N4O2. The fourth-order valence-electron chi connectivity index (χ4n) is 5.80. The van der Waals surface area contributed by atoms with E-state index in [1.54, 1.807) is 0 Å². The van der Waals surface area contributed by atoms with Gasteiger partial charge in [0.05, 0.1) is 0 Å². The first kappa shape index (κ1) is 20.4. The number of carbonyl (C=O) groups excluding carboxylic acids is 2. The second kappa shape index (κ2) is 8.93. The summed E-state index contributed by atoms with van der Waals surface area (Å²) in [4.78, 5) is 30.5. The Morgan fingerprint density at radius 2 is 1.03 bits per heavy atom. The quantitative estimate of drug-likeness (QED) is 0.728. The highest BCUT2D eigenvalue weighted by atomic mass is 16.2. The molecule has 2 aromatic heterocycles. The second-order valence-corrected chi connectivity index (χ2v) is 9.42. The lowest BCUT2D eigenvalue weighted by Gasteiger charge is -2.25. The zero-order valence-corrected chi connectivity index (χ0v) is 18.4. The fraction of sp³-hybridized carbons (Fsp3) is 0.600. The predicted octanol–water partition coefficient (Wildman–Crippen LogP) is 4.51. The minimum Gasteiger partial charge on any atom is -0.340 e. The summed E-state index contributed by atoms with van der Waals surface area (Å²) >= 11 is 0. The van der Waals surface area contributed by atoms with Crippen molar-refractivity contribution in [2.24, 2.45) is 0 Å². The van der Waals surface area contributed by atoms with Gasteiger partial charge in [0.2, 0.25) is 0 Å². The van der Waals surface area contributed by atoms with Crippen LogP contribution in [0.25, 0.3) is 0 Å². The summed E-state index contributed by atoms with van der Waals surface area (Å²) < 4.78 is 4.38. The molecule has 0 spiro atoms. The van der Waals surface area contributed by atoms with Crippen molar-refractivity contribution in [2.75, 3.05) is 26.2 Å². The van der Waals surface area contributed by atoms with Gasteiger partial charge in [0, 0.05) is 50.7 Å². The van der Waals surface area contributed by atoms with Gasteiger partial charge in [0.15, 0.2) is 0 Å². The van der Waals surface area contributed by atoms with E-state index in [9.17, 15) is 9.59 Å². The molecule has 2 saturated carbocycles. The molecule has 0 aromatic carbocycles. The van der Waals surface area contributed by atoms with Crippen LogP contribution in [0.1, 0.15) is 90.8 Å². The summed E-state index contributed by atoms with van der Waals surface area (Å²) in [5.74, 6) is 0.223. The molecule has 2 aliphatic carbocycles. The minimum absolute atomic E-state index is 0.112. The molecule has 2 amide bonds. The number of hydrogen-bond acceptors (Lipinski definition) is 2. The Kier molecular flexibility index (Phi) is 5.88.